The predicted octanol–water partition coefficient (Wildman–Crippen LogP) is 4.44. The molecule has 0 atom stereocenters. The number of nitrogens with one attached hydrogen (secondary N) is 1. The Morgan fingerprint density at radius 3 is 2.38 bits per heavy atom. The average Bonchev–Trinajstić information content (AvgIpc) is 3.05. The smallest absolute Gasteiger partial charge is 0.433 e. The minimum absolute atomic E-state index is 0.0605. The maximum Gasteiger partial charge on any atom is 0.433 e. The molecule has 0 spiro atoms. The van der Waals surface area contributed by atoms with Crippen molar-refractivity contribution in [2.24, 2.45) is 0 Å². The van der Waals surface area contributed by atoms with Crippen molar-refractivity contribution in [3.8, 4) is 0 Å². The van der Waals surface area contributed by atoms with Crippen molar-refractivity contribution in [1.29, 1.82) is 0 Å². The predicted molar refractivity (Wildman–Crippen MR) is 124 cm³/mol. The summed E-state index contributed by atoms with van der Waals surface area (Å²) in [6.45, 7) is 8.88. The molecule has 1 aliphatic rings. The van der Waals surface area contributed by atoms with Gasteiger partial charge in [-0.15, -0.1) is 0 Å². The lowest BCUT2D eigenvalue weighted by Gasteiger charge is -2.35. The van der Waals surface area contributed by atoms with Crippen LogP contribution >= 0.6 is 0 Å². The van der Waals surface area contributed by atoms with Gasteiger partial charge in [0.1, 0.15) is 11.3 Å². The molecule has 1 aromatic carbocycles. The highest BCUT2D eigenvalue weighted by molar-refractivity contribution is 6.08. The Bertz CT molecular complexity index is 1250. The second-order valence-corrected chi connectivity index (χ2v) is 9.61. The van der Waals surface area contributed by atoms with Crippen molar-refractivity contribution in [2.75, 3.05) is 32.7 Å². The second kappa shape index (κ2) is 8.98. The molecule has 1 amide bonds. The maximum atomic E-state index is 13.8. The van der Waals surface area contributed by atoms with Gasteiger partial charge in [0.25, 0.3) is 0 Å². The number of H-pyrrole nitrogens is 1. The Hall–Kier alpha value is -3.01. The molecule has 34 heavy (non-hydrogen) atoms. The third kappa shape index (κ3) is 5.06. The Morgan fingerprint density at radius 1 is 1.03 bits per heavy atom. The minimum atomic E-state index is -4.55. The molecule has 7 nitrogen and oxygen atoms in total. The number of pyridine rings is 1. The number of aromatic nitrogens is 2. The number of hydrogen-bond acceptors (Lipinski definition) is 4. The first-order valence-corrected chi connectivity index (χ1v) is 11.4. The monoisotopic (exact) mass is 478 g/mol. The Balaban J connectivity index is 1.49. The number of fused-ring (bicyclic) bond motifs is 3. The van der Waals surface area contributed by atoms with Crippen molar-refractivity contribution in [3.05, 3.63) is 46.4 Å². The van der Waals surface area contributed by atoms with Gasteiger partial charge in [-0.2, -0.15) is 13.2 Å². The second-order valence-electron chi connectivity index (χ2n) is 9.61. The van der Waals surface area contributed by atoms with E-state index in [0.717, 1.165) is 0 Å². The SMILES string of the molecule is CC(C)(C)OC(=O)N1CCN(CCCn2c3cc(=O)ccc3c3cc[nH]c(C(F)(F)F)c32)CC1. The molecule has 0 saturated carbocycles. The van der Waals surface area contributed by atoms with Gasteiger partial charge in [-0.25, -0.2) is 4.79 Å². The zero-order chi connectivity index (χ0) is 24.7. The quantitative estimate of drug-likeness (QED) is 0.602. The molecule has 0 radical (unpaired) electrons. The van der Waals surface area contributed by atoms with E-state index in [4.69, 9.17) is 4.74 Å². The van der Waals surface area contributed by atoms with E-state index in [1.54, 1.807) is 21.6 Å². The van der Waals surface area contributed by atoms with E-state index in [0.29, 0.717) is 62.0 Å². The number of benzene rings is 1. The van der Waals surface area contributed by atoms with Gasteiger partial charge in [0, 0.05) is 55.8 Å². The summed E-state index contributed by atoms with van der Waals surface area (Å²) < 4.78 is 48.3. The third-order valence-corrected chi connectivity index (χ3v) is 5.95. The van der Waals surface area contributed by atoms with Crippen molar-refractivity contribution in [1.82, 2.24) is 19.4 Å². The molecule has 184 valence electrons. The number of aromatic amines is 1. The van der Waals surface area contributed by atoms with Crippen molar-refractivity contribution in [3.63, 3.8) is 0 Å². The largest absolute Gasteiger partial charge is 0.444 e. The zero-order valence-electron chi connectivity index (χ0n) is 19.5. The zero-order valence-corrected chi connectivity index (χ0v) is 19.5. The fraction of sp³-hybridized carbons (Fsp3) is 0.500. The van der Waals surface area contributed by atoms with Crippen LogP contribution in [-0.4, -0.2) is 63.8 Å². The van der Waals surface area contributed by atoms with Crippen LogP contribution in [0.4, 0.5) is 18.0 Å². The summed E-state index contributed by atoms with van der Waals surface area (Å²) in [4.78, 5) is 30.5. The lowest BCUT2D eigenvalue weighted by atomic mass is 10.1. The molecular weight excluding hydrogens is 449 g/mol. The van der Waals surface area contributed by atoms with Gasteiger partial charge in [-0.3, -0.25) is 9.69 Å². The summed E-state index contributed by atoms with van der Waals surface area (Å²) in [5.41, 5.74) is -1.05. The summed E-state index contributed by atoms with van der Waals surface area (Å²) in [6, 6.07) is 5.98. The number of piperazine rings is 1. The van der Waals surface area contributed by atoms with Gasteiger partial charge in [0.05, 0.1) is 11.0 Å². The molecule has 0 aliphatic carbocycles. The molecule has 1 N–H and O–H groups in total. The van der Waals surface area contributed by atoms with Gasteiger partial charge in [-0.05, 0) is 51.9 Å². The van der Waals surface area contributed by atoms with Crippen LogP contribution in [0.25, 0.3) is 21.8 Å². The molecule has 4 rings (SSSR count). The van der Waals surface area contributed by atoms with Crippen molar-refractivity contribution >= 4 is 27.9 Å². The molecule has 1 fully saturated rings. The summed E-state index contributed by atoms with van der Waals surface area (Å²) >= 11 is 0. The number of ether oxygens (including phenoxy) is 1. The number of halogens is 3. The lowest BCUT2D eigenvalue weighted by Crippen LogP contribution is -2.50. The topological polar surface area (TPSA) is 70.6 Å². The van der Waals surface area contributed by atoms with Gasteiger partial charge >= 0.3 is 12.3 Å². The van der Waals surface area contributed by atoms with Gasteiger partial charge in [-0.1, -0.05) is 0 Å². The van der Waals surface area contributed by atoms with Crippen LogP contribution < -0.4 is 5.43 Å². The van der Waals surface area contributed by atoms with Crippen LogP contribution in [0.15, 0.2) is 35.3 Å². The van der Waals surface area contributed by atoms with E-state index >= 15 is 0 Å². The third-order valence-electron chi connectivity index (χ3n) is 5.95. The van der Waals surface area contributed by atoms with E-state index in [9.17, 15) is 22.8 Å². The van der Waals surface area contributed by atoms with Gasteiger partial charge in [0.2, 0.25) is 0 Å². The highest BCUT2D eigenvalue weighted by Gasteiger charge is 2.35. The van der Waals surface area contributed by atoms with E-state index in [1.807, 2.05) is 20.8 Å². The first-order chi connectivity index (χ1) is 15.9. The van der Waals surface area contributed by atoms with E-state index in [2.05, 4.69) is 9.88 Å². The number of rotatable bonds is 4. The van der Waals surface area contributed by atoms with Gasteiger partial charge < -0.3 is 19.2 Å². The molecule has 0 bridgehead atoms. The molecule has 3 heterocycles. The lowest BCUT2D eigenvalue weighted by molar-refractivity contribution is -0.140. The van der Waals surface area contributed by atoms with Crippen LogP contribution in [0.5, 0.6) is 0 Å². The molecule has 3 aromatic rings. The number of alkyl halides is 3. The average molecular weight is 479 g/mol. The summed E-state index contributed by atoms with van der Waals surface area (Å²) in [7, 11) is 0. The molecule has 1 aliphatic heterocycles. The maximum absolute atomic E-state index is 13.8. The number of carbonyl (C=O) groups is 1. The van der Waals surface area contributed by atoms with Crippen molar-refractivity contribution in [2.45, 2.75) is 45.5 Å². The molecule has 10 heteroatoms. The standard InChI is InChI=1S/C24H29F3N4O3/c1-23(2,3)34-22(33)30-13-11-29(12-14-30)9-4-10-31-19-15-16(32)5-6-17(19)18-7-8-28-21(20(18)31)24(25,26)27/h5-8,15,28H,4,9-14H2,1-3H3. The number of aryl methyl sites for hydroxylation is 1. The van der Waals surface area contributed by atoms with Crippen molar-refractivity contribution < 1.29 is 22.7 Å². The minimum Gasteiger partial charge on any atom is -0.444 e. The fourth-order valence-electron chi connectivity index (χ4n) is 4.45. The first-order valence-electron chi connectivity index (χ1n) is 11.4. The van der Waals surface area contributed by atoms with E-state index in [1.165, 1.54) is 18.3 Å². The van der Waals surface area contributed by atoms with Crippen LogP contribution in [0, 0.1) is 0 Å². The highest BCUT2D eigenvalue weighted by Crippen LogP contribution is 2.37. The Labute approximate surface area is 195 Å². The molecule has 1 saturated heterocycles. The number of hydrogen-bond donors (Lipinski definition) is 1. The fourth-order valence-corrected chi connectivity index (χ4v) is 4.45. The normalized spacial score (nSPS) is 15.9. The van der Waals surface area contributed by atoms with Crippen LogP contribution in [0.2, 0.25) is 0 Å². The Kier molecular flexibility index (Phi) is 6.37. The summed E-state index contributed by atoms with van der Waals surface area (Å²) in [5.74, 6) is 0. The summed E-state index contributed by atoms with van der Waals surface area (Å²) in [5, 5.41) is 1.09. The number of amides is 1. The number of carbonyl (C=O) groups excluding carboxylic acids is 1. The molecule has 2 aromatic heterocycles. The first kappa shape index (κ1) is 24.1. The number of nitrogens with zero attached hydrogens (tertiary/aromatic N) is 3. The molecular formula is C24H29F3N4O3. The Morgan fingerprint density at radius 2 is 1.74 bits per heavy atom. The van der Waals surface area contributed by atoms with E-state index in [-0.39, 0.29) is 17.0 Å². The van der Waals surface area contributed by atoms with Crippen LogP contribution in [0.1, 0.15) is 32.9 Å². The highest BCUT2D eigenvalue weighted by atomic mass is 19.4. The summed E-state index contributed by atoms with van der Waals surface area (Å²) in [6.07, 6.45) is -3.00. The van der Waals surface area contributed by atoms with Crippen LogP contribution in [0.3, 0.4) is 0 Å². The van der Waals surface area contributed by atoms with Crippen LogP contribution in [-0.2, 0) is 17.5 Å². The van der Waals surface area contributed by atoms with E-state index < -0.39 is 17.5 Å². The van der Waals surface area contributed by atoms with Gasteiger partial charge in [0.15, 0.2) is 5.43 Å². The molecule has 0 unspecified atom stereocenters.